The van der Waals surface area contributed by atoms with Crippen LogP contribution in [-0.2, 0) is 0 Å². The largest absolute Gasteiger partial charge is 0.392 e. The van der Waals surface area contributed by atoms with Crippen molar-refractivity contribution >= 4 is 0 Å². The van der Waals surface area contributed by atoms with Crippen LogP contribution in [0, 0.1) is 17.6 Å². The van der Waals surface area contributed by atoms with Crippen LogP contribution in [0.15, 0.2) is 18.2 Å². The number of β-amino-alcohol motifs (C(OH)–C–C–N with tert-alkyl or cyclic N) is 1. The van der Waals surface area contributed by atoms with E-state index in [2.05, 4.69) is 4.90 Å². The van der Waals surface area contributed by atoms with Crippen molar-refractivity contribution in [2.45, 2.75) is 32.0 Å². The summed E-state index contributed by atoms with van der Waals surface area (Å²) >= 11 is 0. The molecule has 136 valence electrons. The van der Waals surface area contributed by atoms with Crippen molar-refractivity contribution in [3.8, 4) is 0 Å². The molecule has 1 saturated heterocycles. The first kappa shape index (κ1) is 19.2. The first-order chi connectivity index (χ1) is 11.3. The quantitative estimate of drug-likeness (QED) is 0.796. The summed E-state index contributed by atoms with van der Waals surface area (Å²) in [6.07, 6.45) is 1.01. The number of hydrogen-bond acceptors (Lipinski definition) is 4. The number of likely N-dealkylation sites (tertiary alicyclic amines) is 1. The maximum atomic E-state index is 13.3. The molecule has 2 atom stereocenters. The van der Waals surface area contributed by atoms with Gasteiger partial charge < -0.3 is 20.0 Å². The first-order valence-corrected chi connectivity index (χ1v) is 8.57. The summed E-state index contributed by atoms with van der Waals surface area (Å²) in [5.74, 6) is -1.28. The van der Waals surface area contributed by atoms with E-state index < -0.39 is 17.7 Å². The van der Waals surface area contributed by atoms with Crippen LogP contribution in [0.2, 0.25) is 0 Å². The molecule has 0 aliphatic carbocycles. The molecule has 1 aliphatic rings. The second-order valence-corrected chi connectivity index (χ2v) is 7.00. The van der Waals surface area contributed by atoms with Crippen LogP contribution in [0.5, 0.6) is 0 Å². The number of rotatable bonds is 7. The highest BCUT2D eigenvalue weighted by Crippen LogP contribution is 2.21. The minimum atomic E-state index is -0.931. The van der Waals surface area contributed by atoms with Crippen molar-refractivity contribution in [1.29, 1.82) is 0 Å². The highest BCUT2D eigenvalue weighted by molar-refractivity contribution is 5.20. The van der Waals surface area contributed by atoms with Crippen molar-refractivity contribution in [2.24, 2.45) is 5.92 Å². The lowest BCUT2D eigenvalue weighted by Crippen LogP contribution is -2.41. The van der Waals surface area contributed by atoms with E-state index in [1.54, 1.807) is 6.92 Å². The van der Waals surface area contributed by atoms with Crippen LogP contribution in [0.1, 0.15) is 31.4 Å². The molecular formula is C18H28F2N2O2. The van der Waals surface area contributed by atoms with Gasteiger partial charge in [-0.2, -0.15) is 0 Å². The molecule has 0 unspecified atom stereocenters. The summed E-state index contributed by atoms with van der Waals surface area (Å²) in [6, 6.07) is 3.53. The Hall–Kier alpha value is -1.08. The Morgan fingerprint density at radius 3 is 2.46 bits per heavy atom. The van der Waals surface area contributed by atoms with Crippen LogP contribution in [-0.4, -0.2) is 65.9 Å². The Morgan fingerprint density at radius 1 is 1.21 bits per heavy atom. The maximum Gasteiger partial charge on any atom is 0.159 e. The maximum absolute atomic E-state index is 13.3. The smallest absolute Gasteiger partial charge is 0.159 e. The van der Waals surface area contributed by atoms with E-state index in [1.165, 1.54) is 6.07 Å². The highest BCUT2D eigenvalue weighted by Gasteiger charge is 2.22. The number of piperidine rings is 1. The number of likely N-dealkylation sites (N-methyl/N-ethyl adjacent to an activating group) is 1. The third-order valence-corrected chi connectivity index (χ3v) is 4.61. The Balaban J connectivity index is 1.77. The topological polar surface area (TPSA) is 46.9 Å². The molecule has 4 nitrogen and oxygen atoms in total. The molecule has 0 spiro atoms. The first-order valence-electron chi connectivity index (χ1n) is 8.57. The normalized spacial score (nSPS) is 19.6. The Morgan fingerprint density at radius 2 is 1.88 bits per heavy atom. The second kappa shape index (κ2) is 8.85. The summed E-state index contributed by atoms with van der Waals surface area (Å²) in [6.45, 7) is 5.74. The average Bonchev–Trinajstić information content (AvgIpc) is 2.51. The molecule has 1 aliphatic heterocycles. The predicted molar refractivity (Wildman–Crippen MR) is 89.7 cm³/mol. The van der Waals surface area contributed by atoms with E-state index >= 15 is 0 Å². The molecule has 0 amide bonds. The summed E-state index contributed by atoms with van der Waals surface area (Å²) < 4.78 is 26.2. The number of aliphatic hydroxyl groups is 2. The minimum absolute atomic E-state index is 0.296. The van der Waals surface area contributed by atoms with Gasteiger partial charge >= 0.3 is 0 Å². The lowest BCUT2D eigenvalue weighted by Gasteiger charge is -2.34. The van der Waals surface area contributed by atoms with E-state index in [4.69, 9.17) is 0 Å². The van der Waals surface area contributed by atoms with Crippen LogP contribution in [0.4, 0.5) is 8.78 Å². The van der Waals surface area contributed by atoms with E-state index in [9.17, 15) is 19.0 Å². The molecule has 6 heteroatoms. The fourth-order valence-corrected chi connectivity index (χ4v) is 3.36. The molecule has 0 aromatic heterocycles. The Labute approximate surface area is 142 Å². The van der Waals surface area contributed by atoms with Gasteiger partial charge in [-0.05, 0) is 63.5 Å². The molecular weight excluding hydrogens is 314 g/mol. The summed E-state index contributed by atoms with van der Waals surface area (Å²) in [7, 11) is 1.94. The fourth-order valence-electron chi connectivity index (χ4n) is 3.36. The van der Waals surface area contributed by atoms with Gasteiger partial charge in [-0.1, -0.05) is 6.07 Å². The van der Waals surface area contributed by atoms with Crippen molar-refractivity contribution in [1.82, 2.24) is 9.80 Å². The van der Waals surface area contributed by atoms with Gasteiger partial charge in [0.05, 0.1) is 12.2 Å². The van der Waals surface area contributed by atoms with Crippen molar-refractivity contribution in [2.75, 3.05) is 39.8 Å². The fraction of sp³-hybridized carbons (Fsp3) is 0.667. The molecule has 1 heterocycles. The van der Waals surface area contributed by atoms with Gasteiger partial charge in [0.2, 0.25) is 0 Å². The monoisotopic (exact) mass is 342 g/mol. The summed E-state index contributed by atoms with van der Waals surface area (Å²) in [5.41, 5.74) is 0.396. The van der Waals surface area contributed by atoms with Gasteiger partial charge in [0.15, 0.2) is 11.6 Å². The average molecular weight is 342 g/mol. The molecule has 1 aromatic rings. The molecule has 0 bridgehead atoms. The lowest BCUT2D eigenvalue weighted by molar-refractivity contribution is 0.0805. The van der Waals surface area contributed by atoms with Crippen molar-refractivity contribution in [3.63, 3.8) is 0 Å². The van der Waals surface area contributed by atoms with Gasteiger partial charge in [0.1, 0.15) is 0 Å². The van der Waals surface area contributed by atoms with Crippen LogP contribution >= 0.6 is 0 Å². The molecule has 0 radical (unpaired) electrons. The predicted octanol–water partition coefficient (Wildman–Crippen LogP) is 2.02. The number of nitrogens with zero attached hydrogens (tertiary/aromatic N) is 2. The standard InChI is InChI=1S/C18H28F2N2O2/c1-13(23)10-22-7-5-14(6-8-22)11-21(2)12-18(24)15-3-4-16(19)17(20)9-15/h3-4,9,13-14,18,23-24H,5-8,10-12H2,1-2H3/t13-,18-/m0/s1. The number of halogens is 2. The minimum Gasteiger partial charge on any atom is -0.392 e. The van der Waals surface area contributed by atoms with Gasteiger partial charge in [0, 0.05) is 19.6 Å². The summed E-state index contributed by atoms with van der Waals surface area (Å²) in [4.78, 5) is 4.32. The zero-order chi connectivity index (χ0) is 17.7. The molecule has 2 N–H and O–H groups in total. The second-order valence-electron chi connectivity index (χ2n) is 7.00. The Bertz CT molecular complexity index is 520. The van der Waals surface area contributed by atoms with Gasteiger partial charge in [-0.3, -0.25) is 0 Å². The van der Waals surface area contributed by atoms with E-state index in [0.29, 0.717) is 18.0 Å². The zero-order valence-corrected chi connectivity index (χ0v) is 14.5. The summed E-state index contributed by atoms with van der Waals surface area (Å²) in [5, 5.41) is 19.6. The molecule has 2 rings (SSSR count). The van der Waals surface area contributed by atoms with Crippen molar-refractivity contribution in [3.05, 3.63) is 35.4 Å². The van der Waals surface area contributed by atoms with E-state index in [0.717, 1.165) is 51.2 Å². The molecule has 24 heavy (non-hydrogen) atoms. The third kappa shape index (κ3) is 5.77. The zero-order valence-electron chi connectivity index (χ0n) is 14.5. The molecule has 1 fully saturated rings. The number of hydrogen-bond donors (Lipinski definition) is 2. The lowest BCUT2D eigenvalue weighted by atomic mass is 9.96. The van der Waals surface area contributed by atoms with Crippen LogP contribution in [0.25, 0.3) is 0 Å². The van der Waals surface area contributed by atoms with Crippen LogP contribution in [0.3, 0.4) is 0 Å². The number of aliphatic hydroxyl groups excluding tert-OH is 2. The van der Waals surface area contributed by atoms with Crippen LogP contribution < -0.4 is 0 Å². The van der Waals surface area contributed by atoms with Gasteiger partial charge in [-0.25, -0.2) is 8.78 Å². The third-order valence-electron chi connectivity index (χ3n) is 4.61. The van der Waals surface area contributed by atoms with E-state index in [-0.39, 0.29) is 6.10 Å². The number of benzene rings is 1. The molecule has 0 saturated carbocycles. The highest BCUT2D eigenvalue weighted by atomic mass is 19.2. The van der Waals surface area contributed by atoms with Gasteiger partial charge in [-0.15, -0.1) is 0 Å². The Kier molecular flexibility index (Phi) is 7.10. The molecule has 1 aromatic carbocycles. The van der Waals surface area contributed by atoms with Crippen molar-refractivity contribution < 1.29 is 19.0 Å². The SMILES string of the molecule is C[C@H](O)CN1CCC(CN(C)C[C@H](O)c2ccc(F)c(F)c2)CC1. The van der Waals surface area contributed by atoms with Gasteiger partial charge in [0.25, 0.3) is 0 Å². The van der Waals surface area contributed by atoms with E-state index in [1.807, 2.05) is 11.9 Å².